The van der Waals surface area contributed by atoms with Gasteiger partial charge in [0.25, 0.3) is 5.91 Å². The van der Waals surface area contributed by atoms with Crippen LogP contribution >= 0.6 is 0 Å². The van der Waals surface area contributed by atoms with Crippen LogP contribution in [0.2, 0.25) is 0 Å². The highest BCUT2D eigenvalue weighted by molar-refractivity contribution is 6.03. The molecule has 0 saturated carbocycles. The predicted octanol–water partition coefficient (Wildman–Crippen LogP) is 3.57. The lowest BCUT2D eigenvalue weighted by Gasteiger charge is -2.08. The van der Waals surface area contributed by atoms with E-state index in [2.05, 4.69) is 10.4 Å². The van der Waals surface area contributed by atoms with Crippen LogP contribution in [0.25, 0.3) is 21.8 Å². The summed E-state index contributed by atoms with van der Waals surface area (Å²) in [6.45, 7) is 0. The zero-order valence-electron chi connectivity index (χ0n) is 11.7. The largest absolute Gasteiger partial charge is 0.270 e. The molecule has 4 rings (SSSR count). The summed E-state index contributed by atoms with van der Waals surface area (Å²) in [5, 5.41) is 2.16. The average molecular weight is 287 g/mol. The molecule has 1 aromatic heterocycles. The summed E-state index contributed by atoms with van der Waals surface area (Å²) in [7, 11) is 0. The number of rotatable bonds is 2. The molecular formula is C18H13N3O. The molecule has 0 spiro atoms. The van der Waals surface area contributed by atoms with Crippen molar-refractivity contribution in [1.82, 2.24) is 9.66 Å². The van der Waals surface area contributed by atoms with E-state index in [0.717, 1.165) is 21.8 Å². The van der Waals surface area contributed by atoms with Gasteiger partial charge in [-0.2, -0.15) is 0 Å². The first kappa shape index (κ1) is 12.6. The molecule has 3 aromatic carbocycles. The number of hydrogen-bond acceptors (Lipinski definition) is 2. The Balaban J connectivity index is 1.68. The molecule has 1 amide bonds. The van der Waals surface area contributed by atoms with Gasteiger partial charge in [-0.15, -0.1) is 0 Å². The Bertz CT molecular complexity index is 988. The van der Waals surface area contributed by atoms with E-state index in [4.69, 9.17) is 0 Å². The second-order valence-corrected chi connectivity index (χ2v) is 5.11. The Kier molecular flexibility index (Phi) is 2.86. The number of hydrogen-bond donors (Lipinski definition) is 1. The smallest absolute Gasteiger partial charge is 0.267 e. The fraction of sp³-hybridized carbons (Fsp3) is 0. The maximum Gasteiger partial charge on any atom is 0.270 e. The highest BCUT2D eigenvalue weighted by atomic mass is 16.2. The van der Waals surface area contributed by atoms with Crippen molar-refractivity contribution in [2.75, 3.05) is 5.43 Å². The van der Waals surface area contributed by atoms with E-state index in [0.29, 0.717) is 5.56 Å². The quantitative estimate of drug-likeness (QED) is 0.612. The summed E-state index contributed by atoms with van der Waals surface area (Å²) >= 11 is 0. The SMILES string of the molecule is O=C(Nn1cnc2ccccc21)c1ccc2ccccc2c1. The number of carbonyl (C=O) groups excluding carboxylic acids is 1. The number of carbonyl (C=O) groups is 1. The molecule has 0 radical (unpaired) electrons. The molecule has 0 aliphatic rings. The predicted molar refractivity (Wildman–Crippen MR) is 87.4 cm³/mol. The fourth-order valence-electron chi connectivity index (χ4n) is 2.55. The first-order chi connectivity index (χ1) is 10.8. The Morgan fingerprint density at radius 2 is 1.68 bits per heavy atom. The van der Waals surface area contributed by atoms with Gasteiger partial charge in [0, 0.05) is 5.56 Å². The fourth-order valence-corrected chi connectivity index (χ4v) is 2.55. The van der Waals surface area contributed by atoms with Gasteiger partial charge >= 0.3 is 0 Å². The molecule has 0 unspecified atom stereocenters. The molecule has 0 aliphatic heterocycles. The van der Waals surface area contributed by atoms with E-state index in [1.165, 1.54) is 0 Å². The van der Waals surface area contributed by atoms with E-state index in [1.807, 2.05) is 66.7 Å². The van der Waals surface area contributed by atoms with Crippen molar-refractivity contribution >= 4 is 27.7 Å². The van der Waals surface area contributed by atoms with E-state index in [9.17, 15) is 4.79 Å². The van der Waals surface area contributed by atoms with Crippen LogP contribution in [0.5, 0.6) is 0 Å². The highest BCUT2D eigenvalue weighted by Gasteiger charge is 2.08. The lowest BCUT2D eigenvalue weighted by Crippen LogP contribution is -2.21. The van der Waals surface area contributed by atoms with Gasteiger partial charge in [0.2, 0.25) is 0 Å². The minimum Gasteiger partial charge on any atom is -0.267 e. The van der Waals surface area contributed by atoms with Gasteiger partial charge in [-0.1, -0.05) is 42.5 Å². The minimum atomic E-state index is -0.158. The molecule has 0 saturated heterocycles. The van der Waals surface area contributed by atoms with Gasteiger partial charge in [-0.05, 0) is 35.0 Å². The van der Waals surface area contributed by atoms with Crippen LogP contribution in [0.3, 0.4) is 0 Å². The maximum absolute atomic E-state index is 12.4. The summed E-state index contributed by atoms with van der Waals surface area (Å²) in [4.78, 5) is 16.7. The van der Waals surface area contributed by atoms with Gasteiger partial charge in [-0.3, -0.25) is 10.2 Å². The van der Waals surface area contributed by atoms with E-state index in [-0.39, 0.29) is 5.91 Å². The second-order valence-electron chi connectivity index (χ2n) is 5.11. The summed E-state index contributed by atoms with van der Waals surface area (Å²) < 4.78 is 1.65. The number of para-hydroxylation sites is 2. The lowest BCUT2D eigenvalue weighted by molar-refractivity contribution is 0.101. The van der Waals surface area contributed by atoms with Crippen molar-refractivity contribution < 1.29 is 4.79 Å². The number of imidazole rings is 1. The Morgan fingerprint density at radius 1 is 0.909 bits per heavy atom. The summed E-state index contributed by atoms with van der Waals surface area (Å²) in [6, 6.07) is 21.3. The van der Waals surface area contributed by atoms with Crippen LogP contribution in [0.4, 0.5) is 0 Å². The maximum atomic E-state index is 12.4. The van der Waals surface area contributed by atoms with Gasteiger partial charge in [0.1, 0.15) is 6.33 Å². The first-order valence-electron chi connectivity index (χ1n) is 7.03. The third-order valence-corrected chi connectivity index (χ3v) is 3.69. The summed E-state index contributed by atoms with van der Waals surface area (Å²) in [6.07, 6.45) is 1.61. The Labute approximate surface area is 127 Å². The third-order valence-electron chi connectivity index (χ3n) is 3.69. The number of nitrogens with zero attached hydrogens (tertiary/aromatic N) is 2. The van der Waals surface area contributed by atoms with Crippen molar-refractivity contribution in [1.29, 1.82) is 0 Å². The van der Waals surface area contributed by atoms with Crippen molar-refractivity contribution in [3.8, 4) is 0 Å². The number of nitrogens with one attached hydrogen (secondary N) is 1. The average Bonchev–Trinajstić information content (AvgIpc) is 2.97. The topological polar surface area (TPSA) is 46.9 Å². The molecule has 22 heavy (non-hydrogen) atoms. The van der Waals surface area contributed by atoms with Crippen LogP contribution in [0.15, 0.2) is 73.1 Å². The summed E-state index contributed by atoms with van der Waals surface area (Å²) in [5.41, 5.74) is 5.20. The van der Waals surface area contributed by atoms with Gasteiger partial charge in [0.05, 0.1) is 11.0 Å². The van der Waals surface area contributed by atoms with Crippen LogP contribution in [0.1, 0.15) is 10.4 Å². The zero-order chi connectivity index (χ0) is 14.9. The van der Waals surface area contributed by atoms with Crippen LogP contribution in [-0.2, 0) is 0 Å². The van der Waals surface area contributed by atoms with E-state index >= 15 is 0 Å². The standard InChI is InChI=1S/C18H13N3O/c22-18(15-10-9-13-5-1-2-6-14(13)11-15)20-21-12-19-16-7-3-4-8-17(16)21/h1-12H,(H,20,22). The van der Waals surface area contributed by atoms with E-state index in [1.54, 1.807) is 11.0 Å². The van der Waals surface area contributed by atoms with Crippen molar-refractivity contribution in [2.45, 2.75) is 0 Å². The van der Waals surface area contributed by atoms with Crippen LogP contribution in [-0.4, -0.2) is 15.6 Å². The van der Waals surface area contributed by atoms with Crippen molar-refractivity contribution in [2.24, 2.45) is 0 Å². The third kappa shape index (κ3) is 2.11. The number of benzene rings is 3. The highest BCUT2D eigenvalue weighted by Crippen LogP contribution is 2.16. The molecule has 4 aromatic rings. The molecule has 4 nitrogen and oxygen atoms in total. The first-order valence-corrected chi connectivity index (χ1v) is 7.03. The molecule has 0 aliphatic carbocycles. The van der Waals surface area contributed by atoms with E-state index < -0.39 is 0 Å². The summed E-state index contributed by atoms with van der Waals surface area (Å²) in [5.74, 6) is -0.158. The number of fused-ring (bicyclic) bond motifs is 2. The monoisotopic (exact) mass is 287 g/mol. The molecule has 0 atom stereocenters. The van der Waals surface area contributed by atoms with Crippen molar-refractivity contribution in [3.05, 3.63) is 78.6 Å². The Hall–Kier alpha value is -3.14. The molecule has 4 heteroatoms. The van der Waals surface area contributed by atoms with Gasteiger partial charge in [0.15, 0.2) is 0 Å². The van der Waals surface area contributed by atoms with Gasteiger partial charge in [-0.25, -0.2) is 9.66 Å². The Morgan fingerprint density at radius 3 is 2.59 bits per heavy atom. The van der Waals surface area contributed by atoms with Gasteiger partial charge < -0.3 is 0 Å². The minimum absolute atomic E-state index is 0.158. The zero-order valence-corrected chi connectivity index (χ0v) is 11.7. The molecular weight excluding hydrogens is 274 g/mol. The number of amides is 1. The molecule has 1 heterocycles. The lowest BCUT2D eigenvalue weighted by atomic mass is 10.1. The molecule has 1 N–H and O–H groups in total. The normalized spacial score (nSPS) is 10.9. The number of aromatic nitrogens is 2. The van der Waals surface area contributed by atoms with Crippen LogP contribution in [0, 0.1) is 0 Å². The van der Waals surface area contributed by atoms with Crippen molar-refractivity contribution in [3.63, 3.8) is 0 Å². The second kappa shape index (κ2) is 5.00. The molecule has 106 valence electrons. The molecule has 0 bridgehead atoms. The molecule has 0 fully saturated rings. The van der Waals surface area contributed by atoms with Crippen LogP contribution < -0.4 is 5.43 Å².